The smallest absolute Gasteiger partial charge is 0.274 e. The zero-order valence-corrected chi connectivity index (χ0v) is 19.0. The van der Waals surface area contributed by atoms with Gasteiger partial charge < -0.3 is 4.74 Å². The highest BCUT2D eigenvalue weighted by molar-refractivity contribution is 7.15. The predicted molar refractivity (Wildman–Crippen MR) is 130 cm³/mol. The fourth-order valence-corrected chi connectivity index (χ4v) is 4.88. The van der Waals surface area contributed by atoms with Crippen molar-refractivity contribution in [3.05, 3.63) is 107 Å². The van der Waals surface area contributed by atoms with Gasteiger partial charge in [0.2, 0.25) is 0 Å². The Bertz CT molecular complexity index is 1660. The molecule has 164 valence electrons. The van der Waals surface area contributed by atoms with Gasteiger partial charge in [-0.05, 0) is 36.4 Å². The monoisotopic (exact) mass is 497 g/mol. The Hall–Kier alpha value is -3.46. The molecule has 0 saturated heterocycles. The van der Waals surface area contributed by atoms with Crippen molar-refractivity contribution in [3.8, 4) is 5.75 Å². The molecule has 2 aromatic heterocycles. The van der Waals surface area contributed by atoms with Crippen LogP contribution >= 0.6 is 34.5 Å². The van der Waals surface area contributed by atoms with Crippen LogP contribution in [-0.2, 0) is 6.61 Å². The summed E-state index contributed by atoms with van der Waals surface area (Å²) in [6, 6.07) is 16.6. The van der Waals surface area contributed by atoms with Crippen molar-refractivity contribution in [1.29, 1.82) is 0 Å². The normalized spacial score (nSPS) is 12.0. The van der Waals surface area contributed by atoms with Crippen molar-refractivity contribution >= 4 is 62.3 Å². The van der Waals surface area contributed by atoms with Gasteiger partial charge in [0.1, 0.15) is 12.4 Å². The molecule has 0 bridgehead atoms. The topological polar surface area (TPSA) is 86.7 Å². The molecule has 0 radical (unpaired) electrons. The molecule has 0 saturated carbocycles. The van der Waals surface area contributed by atoms with E-state index < -0.39 is 4.92 Å². The number of imidazole rings is 1. The SMILES string of the molecule is O=c1/c(=C\c2cc([N+](=O)[O-])ccc2OCc2ccc(Cl)cc2Cl)sc2nc3ccccc3n12. The Balaban J connectivity index is 1.59. The maximum Gasteiger partial charge on any atom is 0.274 e. The summed E-state index contributed by atoms with van der Waals surface area (Å²) in [7, 11) is 0. The van der Waals surface area contributed by atoms with Crippen molar-refractivity contribution in [2.24, 2.45) is 0 Å². The predicted octanol–water partition coefficient (Wildman–Crippen LogP) is 5.25. The lowest BCUT2D eigenvalue weighted by Crippen LogP contribution is -2.22. The van der Waals surface area contributed by atoms with Gasteiger partial charge in [-0.25, -0.2) is 9.38 Å². The molecular formula is C23H13Cl2N3O4S. The Morgan fingerprint density at radius 3 is 2.73 bits per heavy atom. The van der Waals surface area contributed by atoms with E-state index in [9.17, 15) is 14.9 Å². The number of ether oxygens (including phenoxy) is 1. The molecule has 5 aromatic rings. The van der Waals surface area contributed by atoms with E-state index in [0.717, 1.165) is 5.52 Å². The number of nitrogens with zero attached hydrogens (tertiary/aromatic N) is 3. The second kappa shape index (κ2) is 8.47. The first-order valence-electron chi connectivity index (χ1n) is 9.67. The summed E-state index contributed by atoms with van der Waals surface area (Å²) < 4.78 is 7.84. The number of non-ortho nitro benzene ring substituents is 1. The number of halogens is 2. The first-order valence-corrected chi connectivity index (χ1v) is 11.2. The van der Waals surface area contributed by atoms with Crippen LogP contribution in [-0.4, -0.2) is 14.3 Å². The summed E-state index contributed by atoms with van der Waals surface area (Å²) in [5, 5.41) is 12.3. The van der Waals surface area contributed by atoms with Crippen LogP contribution in [0.2, 0.25) is 10.0 Å². The fourth-order valence-electron chi connectivity index (χ4n) is 3.44. The van der Waals surface area contributed by atoms with Crippen LogP contribution in [0.3, 0.4) is 0 Å². The van der Waals surface area contributed by atoms with Gasteiger partial charge in [0.05, 0.1) is 20.5 Å². The average molecular weight is 498 g/mol. The second-order valence-corrected chi connectivity index (χ2v) is 8.99. The van der Waals surface area contributed by atoms with Gasteiger partial charge in [0.25, 0.3) is 11.2 Å². The minimum atomic E-state index is -0.496. The molecule has 0 unspecified atom stereocenters. The molecule has 0 aliphatic carbocycles. The van der Waals surface area contributed by atoms with E-state index in [1.165, 1.54) is 33.9 Å². The van der Waals surface area contributed by atoms with Crippen LogP contribution in [0.4, 0.5) is 5.69 Å². The molecule has 0 atom stereocenters. The van der Waals surface area contributed by atoms with Crippen LogP contribution in [0, 0.1) is 10.1 Å². The molecule has 0 aliphatic rings. The first kappa shape index (κ1) is 21.4. The third-order valence-corrected chi connectivity index (χ3v) is 6.59. The summed E-state index contributed by atoms with van der Waals surface area (Å²) in [6.07, 6.45) is 1.59. The van der Waals surface area contributed by atoms with Gasteiger partial charge in [-0.15, -0.1) is 0 Å². The van der Waals surface area contributed by atoms with E-state index in [4.69, 9.17) is 27.9 Å². The first-order chi connectivity index (χ1) is 15.9. The summed E-state index contributed by atoms with van der Waals surface area (Å²) >= 11 is 13.4. The van der Waals surface area contributed by atoms with Crippen molar-refractivity contribution in [3.63, 3.8) is 0 Å². The summed E-state index contributed by atoms with van der Waals surface area (Å²) in [6.45, 7) is 0.122. The molecule has 3 aromatic carbocycles. The standard InChI is InChI=1S/C23H13Cl2N3O4S/c24-15-6-5-13(17(25)11-15)12-32-20-8-7-16(28(30)31)9-14(20)10-21-22(29)27-19-4-2-1-3-18(19)26-23(27)33-21/h1-11H,12H2/b21-10+. The number of nitro groups is 1. The third kappa shape index (κ3) is 4.04. The number of fused-ring (bicyclic) bond motifs is 3. The number of thiazole rings is 1. The molecule has 2 heterocycles. The summed E-state index contributed by atoms with van der Waals surface area (Å²) in [5.74, 6) is 0.377. The molecule has 7 nitrogen and oxygen atoms in total. The van der Waals surface area contributed by atoms with Crippen molar-refractivity contribution in [2.75, 3.05) is 0 Å². The van der Waals surface area contributed by atoms with Crippen LogP contribution < -0.4 is 14.8 Å². The molecule has 10 heteroatoms. The highest BCUT2D eigenvalue weighted by atomic mass is 35.5. The van der Waals surface area contributed by atoms with E-state index in [1.54, 1.807) is 24.3 Å². The Labute approximate surface area is 200 Å². The van der Waals surface area contributed by atoms with Gasteiger partial charge in [0, 0.05) is 33.3 Å². The van der Waals surface area contributed by atoms with E-state index in [2.05, 4.69) is 4.98 Å². The fraction of sp³-hybridized carbons (Fsp3) is 0.0435. The van der Waals surface area contributed by atoms with Crippen molar-refractivity contribution in [2.45, 2.75) is 6.61 Å². The minimum Gasteiger partial charge on any atom is -0.488 e. The van der Waals surface area contributed by atoms with E-state index in [-0.39, 0.29) is 17.9 Å². The summed E-state index contributed by atoms with van der Waals surface area (Å²) in [5.41, 5.74) is 2.18. The maximum atomic E-state index is 13.1. The Morgan fingerprint density at radius 2 is 1.94 bits per heavy atom. The Kier molecular flexibility index (Phi) is 5.49. The van der Waals surface area contributed by atoms with Crippen LogP contribution in [0.25, 0.3) is 22.1 Å². The largest absolute Gasteiger partial charge is 0.488 e. The van der Waals surface area contributed by atoms with Crippen LogP contribution in [0.5, 0.6) is 5.75 Å². The van der Waals surface area contributed by atoms with Gasteiger partial charge >= 0.3 is 0 Å². The lowest BCUT2D eigenvalue weighted by atomic mass is 10.1. The number of hydrogen-bond donors (Lipinski definition) is 0. The quantitative estimate of drug-likeness (QED) is 0.244. The van der Waals surface area contributed by atoms with Gasteiger partial charge in [-0.3, -0.25) is 14.9 Å². The lowest BCUT2D eigenvalue weighted by Gasteiger charge is -2.10. The molecular weight excluding hydrogens is 485 g/mol. The Morgan fingerprint density at radius 1 is 1.12 bits per heavy atom. The molecule has 0 amide bonds. The zero-order chi connectivity index (χ0) is 23.1. The summed E-state index contributed by atoms with van der Waals surface area (Å²) in [4.78, 5) is 29.0. The zero-order valence-electron chi connectivity index (χ0n) is 16.7. The molecule has 0 fully saturated rings. The highest BCUT2D eigenvalue weighted by Gasteiger charge is 2.14. The van der Waals surface area contributed by atoms with Crippen LogP contribution in [0.1, 0.15) is 11.1 Å². The third-order valence-electron chi connectivity index (χ3n) is 5.03. The van der Waals surface area contributed by atoms with E-state index >= 15 is 0 Å². The molecule has 0 aliphatic heterocycles. The number of para-hydroxylation sites is 2. The molecule has 5 rings (SSSR count). The number of aromatic nitrogens is 2. The number of hydrogen-bond acceptors (Lipinski definition) is 6. The maximum absolute atomic E-state index is 13.1. The van der Waals surface area contributed by atoms with Crippen molar-refractivity contribution in [1.82, 2.24) is 9.38 Å². The van der Waals surface area contributed by atoms with Gasteiger partial charge in [-0.1, -0.05) is 52.7 Å². The van der Waals surface area contributed by atoms with Gasteiger partial charge in [0.15, 0.2) is 4.96 Å². The molecule has 0 N–H and O–H groups in total. The molecule has 33 heavy (non-hydrogen) atoms. The molecule has 0 spiro atoms. The van der Waals surface area contributed by atoms with E-state index in [0.29, 0.717) is 41.9 Å². The minimum absolute atomic E-state index is 0.114. The van der Waals surface area contributed by atoms with E-state index in [1.807, 2.05) is 24.3 Å². The van der Waals surface area contributed by atoms with Crippen LogP contribution in [0.15, 0.2) is 65.5 Å². The number of nitro benzene ring substituents is 1. The lowest BCUT2D eigenvalue weighted by molar-refractivity contribution is -0.384. The van der Waals surface area contributed by atoms with Gasteiger partial charge in [-0.2, -0.15) is 0 Å². The number of rotatable bonds is 5. The number of benzene rings is 3. The average Bonchev–Trinajstić information content (AvgIpc) is 3.30. The van der Waals surface area contributed by atoms with Crippen molar-refractivity contribution < 1.29 is 9.66 Å². The highest BCUT2D eigenvalue weighted by Crippen LogP contribution is 2.28. The second-order valence-electron chi connectivity index (χ2n) is 7.14.